The van der Waals surface area contributed by atoms with Crippen LogP contribution in [0.15, 0.2) is 23.1 Å². The van der Waals surface area contributed by atoms with Crippen LogP contribution >= 0.6 is 51.2 Å². The summed E-state index contributed by atoms with van der Waals surface area (Å²) in [5.41, 5.74) is 0. The first-order valence-corrected chi connectivity index (χ1v) is 8.15. The predicted octanol–water partition coefficient (Wildman–Crippen LogP) is 4.74. The molecule has 0 bridgehead atoms. The van der Waals surface area contributed by atoms with Crippen LogP contribution in [0, 0.1) is 0 Å². The van der Waals surface area contributed by atoms with Crippen LogP contribution in [0.4, 0.5) is 0 Å². The van der Waals surface area contributed by atoms with Crippen molar-refractivity contribution in [3.63, 3.8) is 0 Å². The molecule has 7 heteroatoms. The van der Waals surface area contributed by atoms with Gasteiger partial charge in [0, 0.05) is 11.8 Å². The highest BCUT2D eigenvalue weighted by Crippen LogP contribution is 2.28. The van der Waals surface area contributed by atoms with Gasteiger partial charge in [0.15, 0.2) is 12.0 Å². The molecule has 0 fully saturated rings. The number of carbonyl (C=O) groups excluding carboxylic acids is 1. The van der Waals surface area contributed by atoms with Crippen molar-refractivity contribution in [2.75, 3.05) is 5.33 Å². The number of carbonyl (C=O) groups is 1. The van der Waals surface area contributed by atoms with Crippen LogP contribution in [0.5, 0.6) is 0 Å². The lowest BCUT2D eigenvalue weighted by molar-refractivity contribution is -0.666. The van der Waals surface area contributed by atoms with Crippen LogP contribution in [-0.4, -0.2) is 22.2 Å². The van der Waals surface area contributed by atoms with Gasteiger partial charge < -0.3 is 0 Å². The SMILES string of the molecule is CC(=O)[N+](=CCCCBr)OSc1ccc(Cl)c(Cl)c1. The minimum absolute atomic E-state index is 0.179. The molecule has 104 valence electrons. The third-order valence-electron chi connectivity index (χ3n) is 2.05. The second kappa shape index (κ2) is 8.84. The molecule has 0 heterocycles. The van der Waals surface area contributed by atoms with Crippen LogP contribution in [0.1, 0.15) is 19.8 Å². The highest BCUT2D eigenvalue weighted by molar-refractivity contribution is 9.09. The average Bonchev–Trinajstić information content (AvgIpc) is 2.37. The molecule has 1 rings (SSSR count). The number of hydroxylamine groups is 1. The molecule has 0 atom stereocenters. The lowest BCUT2D eigenvalue weighted by Crippen LogP contribution is -2.16. The van der Waals surface area contributed by atoms with Crippen molar-refractivity contribution >= 4 is 63.3 Å². The zero-order valence-corrected chi connectivity index (χ0v) is 14.2. The largest absolute Gasteiger partial charge is 0.432 e. The first-order chi connectivity index (χ1) is 9.04. The van der Waals surface area contributed by atoms with Gasteiger partial charge in [-0.2, -0.15) is 4.28 Å². The Bertz CT molecular complexity index is 483. The fourth-order valence-electron chi connectivity index (χ4n) is 1.11. The monoisotopic (exact) mass is 384 g/mol. The summed E-state index contributed by atoms with van der Waals surface area (Å²) in [7, 11) is 0. The quantitative estimate of drug-likeness (QED) is 0.177. The number of nitrogens with zero attached hydrogens (tertiary/aromatic N) is 1. The van der Waals surface area contributed by atoms with Gasteiger partial charge in [0.25, 0.3) is 0 Å². The number of hydrogen-bond donors (Lipinski definition) is 0. The standard InChI is InChI=1S/C12H13BrCl2NO2S/c1-9(17)16(7-3-2-6-13)18-19-10-4-5-11(14)12(15)8-10/h4-5,7-8H,2-3,6H2,1H3/q+1. The van der Waals surface area contributed by atoms with Crippen LogP contribution < -0.4 is 0 Å². The maximum Gasteiger partial charge on any atom is 0.432 e. The van der Waals surface area contributed by atoms with E-state index in [1.807, 2.05) is 0 Å². The Morgan fingerprint density at radius 2 is 2.21 bits per heavy atom. The van der Waals surface area contributed by atoms with Gasteiger partial charge in [0.2, 0.25) is 6.21 Å². The molecule has 0 unspecified atom stereocenters. The fourth-order valence-corrected chi connectivity index (χ4v) is 2.42. The van der Waals surface area contributed by atoms with Gasteiger partial charge in [0.05, 0.1) is 26.6 Å². The summed E-state index contributed by atoms with van der Waals surface area (Å²) in [4.78, 5) is 12.2. The van der Waals surface area contributed by atoms with E-state index in [-0.39, 0.29) is 5.91 Å². The van der Waals surface area contributed by atoms with E-state index in [9.17, 15) is 4.79 Å². The molecule has 0 aliphatic rings. The first-order valence-electron chi connectivity index (χ1n) is 5.53. The maximum absolute atomic E-state index is 11.4. The zero-order chi connectivity index (χ0) is 14.3. The molecule has 0 aliphatic carbocycles. The van der Waals surface area contributed by atoms with Crippen molar-refractivity contribution in [2.45, 2.75) is 24.7 Å². The highest BCUT2D eigenvalue weighted by Gasteiger charge is 2.15. The summed E-state index contributed by atoms with van der Waals surface area (Å²) in [5, 5.41) is 1.82. The summed E-state index contributed by atoms with van der Waals surface area (Å²) in [6, 6.07) is 5.14. The number of halogens is 3. The van der Waals surface area contributed by atoms with Gasteiger partial charge in [0.1, 0.15) is 0 Å². The van der Waals surface area contributed by atoms with Crippen LogP contribution in [-0.2, 0) is 9.08 Å². The molecule has 0 saturated carbocycles. The van der Waals surface area contributed by atoms with Crippen molar-refractivity contribution in [3.8, 4) is 0 Å². The summed E-state index contributed by atoms with van der Waals surface area (Å²) in [5.74, 6) is -0.179. The molecular formula is C12H13BrCl2NO2S+. The van der Waals surface area contributed by atoms with Crippen molar-refractivity contribution in [1.29, 1.82) is 0 Å². The Morgan fingerprint density at radius 3 is 2.79 bits per heavy atom. The Balaban J connectivity index is 2.63. The molecule has 1 amide bonds. The Kier molecular flexibility index (Phi) is 7.83. The fraction of sp³-hybridized carbons (Fsp3) is 0.333. The topological polar surface area (TPSA) is 29.3 Å². The maximum atomic E-state index is 11.4. The van der Waals surface area contributed by atoms with Gasteiger partial charge in [-0.05, 0) is 24.6 Å². The van der Waals surface area contributed by atoms with Gasteiger partial charge >= 0.3 is 5.91 Å². The van der Waals surface area contributed by atoms with E-state index in [1.54, 1.807) is 24.4 Å². The van der Waals surface area contributed by atoms with Crippen LogP contribution in [0.3, 0.4) is 0 Å². The number of amides is 1. The number of hydrogen-bond acceptors (Lipinski definition) is 3. The summed E-state index contributed by atoms with van der Waals surface area (Å²) in [6.45, 7) is 1.44. The minimum atomic E-state index is -0.179. The van der Waals surface area contributed by atoms with E-state index in [2.05, 4.69) is 15.9 Å². The molecular weight excluding hydrogens is 373 g/mol. The molecule has 0 spiro atoms. The third-order valence-corrected chi connectivity index (χ3v) is 4.03. The number of benzene rings is 1. The Labute approximate surface area is 135 Å². The second-order valence-electron chi connectivity index (χ2n) is 3.59. The minimum Gasteiger partial charge on any atom is -0.215 e. The molecule has 0 N–H and O–H groups in total. The van der Waals surface area contributed by atoms with Crippen molar-refractivity contribution in [2.24, 2.45) is 0 Å². The normalized spacial score (nSPS) is 11.5. The first kappa shape index (κ1) is 16.8. The van der Waals surface area contributed by atoms with Gasteiger partial charge in [-0.25, -0.2) is 4.79 Å². The number of rotatable bonds is 6. The third kappa shape index (κ3) is 6.17. The smallest absolute Gasteiger partial charge is 0.215 e. The zero-order valence-electron chi connectivity index (χ0n) is 10.2. The number of unbranched alkanes of at least 4 members (excludes halogenated alkanes) is 1. The molecule has 0 saturated heterocycles. The highest BCUT2D eigenvalue weighted by atomic mass is 79.9. The van der Waals surface area contributed by atoms with E-state index in [4.69, 9.17) is 27.5 Å². The van der Waals surface area contributed by atoms with E-state index in [0.29, 0.717) is 10.0 Å². The molecule has 19 heavy (non-hydrogen) atoms. The van der Waals surface area contributed by atoms with E-state index in [1.165, 1.54) is 11.7 Å². The molecule has 0 aliphatic heterocycles. The van der Waals surface area contributed by atoms with E-state index in [0.717, 1.165) is 35.1 Å². The van der Waals surface area contributed by atoms with Crippen molar-refractivity contribution in [3.05, 3.63) is 28.2 Å². The summed E-state index contributed by atoms with van der Waals surface area (Å²) >= 11 is 16.1. The van der Waals surface area contributed by atoms with Gasteiger partial charge in [-0.1, -0.05) is 39.1 Å². The van der Waals surface area contributed by atoms with Gasteiger partial charge in [-0.3, -0.25) is 0 Å². The Morgan fingerprint density at radius 1 is 1.47 bits per heavy atom. The molecule has 1 aromatic carbocycles. The second-order valence-corrected chi connectivity index (χ2v) is 5.99. The summed E-state index contributed by atoms with van der Waals surface area (Å²) < 4.78 is 6.58. The van der Waals surface area contributed by atoms with Gasteiger partial charge in [-0.15, -0.1) is 0 Å². The molecule has 1 aromatic rings. The lowest BCUT2D eigenvalue weighted by Gasteiger charge is -2.00. The van der Waals surface area contributed by atoms with Crippen molar-refractivity contribution < 1.29 is 13.8 Å². The lowest BCUT2D eigenvalue weighted by atomic mass is 10.4. The molecule has 0 aromatic heterocycles. The average molecular weight is 386 g/mol. The van der Waals surface area contributed by atoms with Crippen LogP contribution in [0.25, 0.3) is 0 Å². The molecule has 3 nitrogen and oxygen atoms in total. The van der Waals surface area contributed by atoms with Crippen LogP contribution in [0.2, 0.25) is 10.0 Å². The van der Waals surface area contributed by atoms with Crippen molar-refractivity contribution in [1.82, 2.24) is 0 Å². The summed E-state index contributed by atoms with van der Waals surface area (Å²) in [6.07, 6.45) is 3.41. The number of alkyl halides is 1. The molecule has 0 radical (unpaired) electrons. The van der Waals surface area contributed by atoms with E-state index < -0.39 is 0 Å². The van der Waals surface area contributed by atoms with E-state index >= 15 is 0 Å². The Hall–Kier alpha value is -0.230. The predicted molar refractivity (Wildman–Crippen MR) is 83.4 cm³/mol.